The van der Waals surface area contributed by atoms with E-state index >= 15 is 0 Å². The highest BCUT2D eigenvalue weighted by Gasteiger charge is 2.17. The summed E-state index contributed by atoms with van der Waals surface area (Å²) in [5.74, 6) is 0. The zero-order valence-electron chi connectivity index (χ0n) is 9.84. The molecule has 0 spiro atoms. The van der Waals surface area contributed by atoms with Gasteiger partial charge in [-0.1, -0.05) is 18.2 Å². The third-order valence-electron chi connectivity index (χ3n) is 3.40. The SMILES string of the molecule is NC1CCCN(c2cnc3ccccc3c2)C1. The number of anilines is 1. The molecule has 1 aromatic heterocycles. The van der Waals surface area contributed by atoms with Gasteiger partial charge >= 0.3 is 0 Å². The number of aromatic nitrogens is 1. The lowest BCUT2D eigenvalue weighted by Gasteiger charge is -2.32. The number of piperidine rings is 1. The normalized spacial score (nSPS) is 20.8. The third kappa shape index (κ3) is 2.11. The van der Waals surface area contributed by atoms with E-state index < -0.39 is 0 Å². The number of nitrogens with two attached hydrogens (primary N) is 1. The largest absolute Gasteiger partial charge is 0.369 e. The van der Waals surface area contributed by atoms with E-state index in [9.17, 15) is 0 Å². The van der Waals surface area contributed by atoms with Crippen molar-refractivity contribution in [2.75, 3.05) is 18.0 Å². The maximum absolute atomic E-state index is 6.01. The molecule has 2 N–H and O–H groups in total. The second kappa shape index (κ2) is 4.34. The summed E-state index contributed by atoms with van der Waals surface area (Å²) < 4.78 is 0. The summed E-state index contributed by atoms with van der Waals surface area (Å²) in [4.78, 5) is 6.84. The molecule has 1 saturated heterocycles. The van der Waals surface area contributed by atoms with Crippen molar-refractivity contribution >= 4 is 16.6 Å². The van der Waals surface area contributed by atoms with Gasteiger partial charge in [0.1, 0.15) is 0 Å². The highest BCUT2D eigenvalue weighted by molar-refractivity contribution is 5.81. The number of benzene rings is 1. The van der Waals surface area contributed by atoms with Gasteiger partial charge in [-0.3, -0.25) is 4.98 Å². The molecule has 1 atom stereocenters. The second-order valence-electron chi connectivity index (χ2n) is 4.73. The molecule has 3 heteroatoms. The van der Waals surface area contributed by atoms with Crippen LogP contribution in [0.1, 0.15) is 12.8 Å². The van der Waals surface area contributed by atoms with Crippen LogP contribution in [0.15, 0.2) is 36.5 Å². The van der Waals surface area contributed by atoms with Gasteiger partial charge in [-0.15, -0.1) is 0 Å². The van der Waals surface area contributed by atoms with Crippen molar-refractivity contribution in [1.82, 2.24) is 4.98 Å². The molecule has 1 fully saturated rings. The molecule has 0 radical (unpaired) electrons. The van der Waals surface area contributed by atoms with E-state index in [1.165, 1.54) is 17.5 Å². The first kappa shape index (κ1) is 10.5. The van der Waals surface area contributed by atoms with Crippen LogP contribution in [0, 0.1) is 0 Å². The first-order chi connectivity index (χ1) is 8.33. The van der Waals surface area contributed by atoms with Gasteiger partial charge in [-0.25, -0.2) is 0 Å². The van der Waals surface area contributed by atoms with Gasteiger partial charge in [0.2, 0.25) is 0 Å². The van der Waals surface area contributed by atoms with Crippen LogP contribution in [0.3, 0.4) is 0 Å². The fourth-order valence-corrected chi connectivity index (χ4v) is 2.48. The molecule has 0 amide bonds. The summed E-state index contributed by atoms with van der Waals surface area (Å²) in [6, 6.07) is 10.7. The van der Waals surface area contributed by atoms with E-state index in [1.54, 1.807) is 0 Å². The van der Waals surface area contributed by atoms with Crippen LogP contribution in [0.25, 0.3) is 10.9 Å². The number of fused-ring (bicyclic) bond motifs is 1. The van der Waals surface area contributed by atoms with Gasteiger partial charge in [-0.2, -0.15) is 0 Å². The Bertz CT molecular complexity index is 524. The Morgan fingerprint density at radius 3 is 3.06 bits per heavy atom. The van der Waals surface area contributed by atoms with E-state index in [2.05, 4.69) is 28.1 Å². The van der Waals surface area contributed by atoms with Crippen LogP contribution in [0.4, 0.5) is 5.69 Å². The standard InChI is InChI=1S/C14H17N3/c15-12-5-3-7-17(10-12)13-8-11-4-1-2-6-14(11)16-9-13/h1-2,4,6,8-9,12H,3,5,7,10,15H2. The van der Waals surface area contributed by atoms with E-state index in [-0.39, 0.29) is 0 Å². The van der Waals surface area contributed by atoms with Crippen molar-refractivity contribution < 1.29 is 0 Å². The van der Waals surface area contributed by atoms with Crippen LogP contribution < -0.4 is 10.6 Å². The van der Waals surface area contributed by atoms with Crippen molar-refractivity contribution in [3.63, 3.8) is 0 Å². The second-order valence-corrected chi connectivity index (χ2v) is 4.73. The molecule has 1 unspecified atom stereocenters. The molecule has 1 aliphatic rings. The van der Waals surface area contributed by atoms with Crippen LogP contribution in [-0.2, 0) is 0 Å². The summed E-state index contributed by atoms with van der Waals surface area (Å²) in [6.07, 6.45) is 4.27. The predicted molar refractivity (Wildman–Crippen MR) is 71.2 cm³/mol. The summed E-state index contributed by atoms with van der Waals surface area (Å²) in [6.45, 7) is 2.04. The van der Waals surface area contributed by atoms with Crippen molar-refractivity contribution in [3.8, 4) is 0 Å². The highest BCUT2D eigenvalue weighted by atomic mass is 15.2. The zero-order valence-corrected chi connectivity index (χ0v) is 9.84. The Hall–Kier alpha value is -1.61. The summed E-state index contributed by atoms with van der Waals surface area (Å²) in [5, 5.41) is 1.20. The molecule has 17 heavy (non-hydrogen) atoms. The monoisotopic (exact) mass is 227 g/mol. The van der Waals surface area contributed by atoms with Gasteiger partial charge in [0.15, 0.2) is 0 Å². The summed E-state index contributed by atoms with van der Waals surface area (Å²) in [7, 11) is 0. The molecular formula is C14H17N3. The van der Waals surface area contributed by atoms with Gasteiger partial charge in [0.05, 0.1) is 17.4 Å². The van der Waals surface area contributed by atoms with Crippen molar-refractivity contribution in [2.45, 2.75) is 18.9 Å². The van der Waals surface area contributed by atoms with Crippen LogP contribution in [0.5, 0.6) is 0 Å². The molecule has 3 nitrogen and oxygen atoms in total. The Morgan fingerprint density at radius 2 is 2.18 bits per heavy atom. The molecule has 0 bridgehead atoms. The first-order valence-electron chi connectivity index (χ1n) is 6.18. The minimum Gasteiger partial charge on any atom is -0.369 e. The number of para-hydroxylation sites is 1. The Balaban J connectivity index is 1.94. The number of hydrogen-bond donors (Lipinski definition) is 1. The Morgan fingerprint density at radius 1 is 1.29 bits per heavy atom. The average Bonchev–Trinajstić information content (AvgIpc) is 2.38. The molecule has 1 aromatic carbocycles. The van der Waals surface area contributed by atoms with E-state index in [4.69, 9.17) is 5.73 Å². The van der Waals surface area contributed by atoms with E-state index in [1.807, 2.05) is 18.3 Å². The lowest BCUT2D eigenvalue weighted by molar-refractivity contribution is 0.506. The maximum atomic E-state index is 6.01. The Kier molecular flexibility index (Phi) is 2.69. The van der Waals surface area contributed by atoms with Gasteiger partial charge in [-0.05, 0) is 25.0 Å². The molecule has 2 aromatic rings. The molecular weight excluding hydrogens is 210 g/mol. The molecule has 0 aliphatic carbocycles. The Labute approximate surface area is 101 Å². The fraction of sp³-hybridized carbons (Fsp3) is 0.357. The smallest absolute Gasteiger partial charge is 0.0703 e. The fourth-order valence-electron chi connectivity index (χ4n) is 2.48. The predicted octanol–water partition coefficient (Wildman–Crippen LogP) is 2.16. The summed E-state index contributed by atoms with van der Waals surface area (Å²) in [5.41, 5.74) is 8.26. The number of nitrogens with zero attached hydrogens (tertiary/aromatic N) is 2. The first-order valence-corrected chi connectivity index (χ1v) is 6.18. The van der Waals surface area contributed by atoms with Crippen LogP contribution in [-0.4, -0.2) is 24.1 Å². The number of rotatable bonds is 1. The molecule has 2 heterocycles. The topological polar surface area (TPSA) is 42.1 Å². The summed E-state index contributed by atoms with van der Waals surface area (Å²) >= 11 is 0. The van der Waals surface area contributed by atoms with Crippen molar-refractivity contribution in [3.05, 3.63) is 36.5 Å². The van der Waals surface area contributed by atoms with Gasteiger partial charge < -0.3 is 10.6 Å². The zero-order chi connectivity index (χ0) is 11.7. The maximum Gasteiger partial charge on any atom is 0.0703 e. The van der Waals surface area contributed by atoms with Crippen LogP contribution >= 0.6 is 0 Å². The molecule has 88 valence electrons. The average molecular weight is 227 g/mol. The quantitative estimate of drug-likeness (QED) is 0.811. The van der Waals surface area contributed by atoms with E-state index in [0.717, 1.165) is 25.0 Å². The minimum absolute atomic E-state index is 0.301. The molecule has 0 saturated carbocycles. The van der Waals surface area contributed by atoms with Crippen LogP contribution in [0.2, 0.25) is 0 Å². The number of pyridine rings is 1. The third-order valence-corrected chi connectivity index (χ3v) is 3.40. The highest BCUT2D eigenvalue weighted by Crippen LogP contribution is 2.22. The lowest BCUT2D eigenvalue weighted by Crippen LogP contribution is -2.42. The van der Waals surface area contributed by atoms with E-state index in [0.29, 0.717) is 6.04 Å². The van der Waals surface area contributed by atoms with Gasteiger partial charge in [0.25, 0.3) is 0 Å². The molecule has 3 rings (SSSR count). The van der Waals surface area contributed by atoms with Crippen molar-refractivity contribution in [2.24, 2.45) is 5.73 Å². The van der Waals surface area contributed by atoms with Crippen molar-refractivity contribution in [1.29, 1.82) is 0 Å². The molecule has 1 aliphatic heterocycles. The lowest BCUT2D eigenvalue weighted by atomic mass is 10.1. The minimum atomic E-state index is 0.301. The van der Waals surface area contributed by atoms with Gasteiger partial charge in [0, 0.05) is 24.5 Å². The number of hydrogen-bond acceptors (Lipinski definition) is 3.